The number of thioether (sulfide) groups is 1. The minimum absolute atomic E-state index is 0.149. The highest BCUT2D eigenvalue weighted by Crippen LogP contribution is 2.26. The summed E-state index contributed by atoms with van der Waals surface area (Å²) in [4.78, 5) is 22.2. The fourth-order valence-electron chi connectivity index (χ4n) is 3.33. The van der Waals surface area contributed by atoms with Gasteiger partial charge in [0.1, 0.15) is 12.1 Å². The van der Waals surface area contributed by atoms with E-state index in [2.05, 4.69) is 30.8 Å². The van der Waals surface area contributed by atoms with Crippen molar-refractivity contribution in [2.24, 2.45) is 0 Å². The summed E-state index contributed by atoms with van der Waals surface area (Å²) in [7, 11) is 0. The van der Waals surface area contributed by atoms with Crippen molar-refractivity contribution in [2.75, 3.05) is 0 Å². The first-order chi connectivity index (χ1) is 16.8. The molecule has 1 N–H and O–H groups in total. The molecule has 0 spiro atoms. The average molecular weight is 469 g/mol. The van der Waals surface area contributed by atoms with Gasteiger partial charge >= 0.3 is 0 Å². The summed E-state index contributed by atoms with van der Waals surface area (Å²) in [6.45, 7) is 0.376. The lowest BCUT2D eigenvalue weighted by Crippen LogP contribution is -2.23. The standard InChI is InChI=1S/C24H20N8OS/c33-24(27-15-18-10-11-22(26-14-18)31-13-12-25-17-31)20-8-4-5-9-21(20)34-16-23-28-29-30-32(23)19-6-2-1-3-7-19/h1-14,17H,15-16H2,(H,27,33). The Labute approximate surface area is 199 Å². The van der Waals surface area contributed by atoms with Crippen LogP contribution in [-0.4, -0.2) is 40.6 Å². The Kier molecular flexibility index (Phi) is 6.39. The molecule has 0 unspecified atom stereocenters. The van der Waals surface area contributed by atoms with Gasteiger partial charge < -0.3 is 5.32 Å². The molecule has 5 aromatic rings. The fourth-order valence-corrected chi connectivity index (χ4v) is 4.29. The minimum atomic E-state index is -0.149. The number of carbonyl (C=O) groups is 1. The first-order valence-electron chi connectivity index (χ1n) is 10.5. The molecule has 168 valence electrons. The van der Waals surface area contributed by atoms with Gasteiger partial charge in [-0.05, 0) is 46.3 Å². The molecule has 0 atom stereocenters. The van der Waals surface area contributed by atoms with Crippen molar-refractivity contribution in [3.05, 3.63) is 109 Å². The number of imidazole rings is 1. The van der Waals surface area contributed by atoms with Gasteiger partial charge in [0.15, 0.2) is 5.82 Å². The molecular weight excluding hydrogens is 448 g/mol. The number of benzene rings is 2. The van der Waals surface area contributed by atoms with Crippen LogP contribution < -0.4 is 5.32 Å². The Morgan fingerprint density at radius 2 is 1.85 bits per heavy atom. The van der Waals surface area contributed by atoms with Gasteiger partial charge in [-0.3, -0.25) is 9.36 Å². The van der Waals surface area contributed by atoms with E-state index in [0.717, 1.165) is 22.0 Å². The molecule has 0 aliphatic carbocycles. The number of amides is 1. The lowest BCUT2D eigenvalue weighted by molar-refractivity contribution is 0.0948. The van der Waals surface area contributed by atoms with Crippen molar-refractivity contribution < 1.29 is 4.79 Å². The molecule has 0 saturated heterocycles. The van der Waals surface area contributed by atoms with Crippen molar-refractivity contribution >= 4 is 17.7 Å². The van der Waals surface area contributed by atoms with Crippen LogP contribution in [0.2, 0.25) is 0 Å². The van der Waals surface area contributed by atoms with E-state index in [4.69, 9.17) is 0 Å². The molecule has 10 heteroatoms. The molecule has 9 nitrogen and oxygen atoms in total. The minimum Gasteiger partial charge on any atom is -0.348 e. The highest BCUT2D eigenvalue weighted by atomic mass is 32.2. The highest BCUT2D eigenvalue weighted by molar-refractivity contribution is 7.98. The summed E-state index contributed by atoms with van der Waals surface area (Å²) < 4.78 is 3.53. The van der Waals surface area contributed by atoms with Gasteiger partial charge in [-0.15, -0.1) is 16.9 Å². The molecule has 0 saturated carbocycles. The van der Waals surface area contributed by atoms with Gasteiger partial charge in [-0.2, -0.15) is 4.68 Å². The number of tetrazole rings is 1. The number of hydrogen-bond acceptors (Lipinski definition) is 7. The van der Waals surface area contributed by atoms with E-state index in [0.29, 0.717) is 23.7 Å². The molecule has 0 aliphatic rings. The third-order valence-electron chi connectivity index (χ3n) is 5.05. The number of nitrogens with one attached hydrogen (secondary N) is 1. The Morgan fingerprint density at radius 1 is 1.00 bits per heavy atom. The molecular formula is C24H20N8OS. The Bertz CT molecular complexity index is 1370. The fraction of sp³-hybridized carbons (Fsp3) is 0.0833. The third kappa shape index (κ3) is 4.86. The Morgan fingerprint density at radius 3 is 2.65 bits per heavy atom. The van der Waals surface area contributed by atoms with E-state index in [1.807, 2.05) is 77.5 Å². The topological polar surface area (TPSA) is 103 Å². The molecule has 0 bridgehead atoms. The number of nitrogens with zero attached hydrogens (tertiary/aromatic N) is 7. The quantitative estimate of drug-likeness (QED) is 0.348. The zero-order valence-corrected chi connectivity index (χ0v) is 18.8. The monoisotopic (exact) mass is 468 g/mol. The molecule has 2 aromatic carbocycles. The van der Waals surface area contributed by atoms with Crippen LogP contribution in [0.15, 0.2) is 96.5 Å². The van der Waals surface area contributed by atoms with E-state index in [-0.39, 0.29) is 5.91 Å². The number of pyridine rings is 1. The van der Waals surface area contributed by atoms with Crippen LogP contribution in [-0.2, 0) is 12.3 Å². The summed E-state index contributed by atoms with van der Waals surface area (Å²) in [6, 6.07) is 21.1. The number of aromatic nitrogens is 7. The number of hydrogen-bond donors (Lipinski definition) is 1. The second-order valence-electron chi connectivity index (χ2n) is 7.30. The summed E-state index contributed by atoms with van der Waals surface area (Å²) in [6.07, 6.45) is 6.97. The van der Waals surface area contributed by atoms with Gasteiger partial charge in [0.2, 0.25) is 0 Å². The maximum Gasteiger partial charge on any atom is 0.252 e. The van der Waals surface area contributed by atoms with Crippen LogP contribution in [0.1, 0.15) is 21.7 Å². The van der Waals surface area contributed by atoms with Crippen LogP contribution in [0.5, 0.6) is 0 Å². The smallest absolute Gasteiger partial charge is 0.252 e. The predicted molar refractivity (Wildman–Crippen MR) is 128 cm³/mol. The molecule has 5 rings (SSSR count). The maximum atomic E-state index is 12.9. The first-order valence-corrected chi connectivity index (χ1v) is 11.5. The number of carbonyl (C=O) groups excluding carboxylic acids is 1. The predicted octanol–water partition coefficient (Wildman–Crippen LogP) is 3.47. The van der Waals surface area contributed by atoms with Gasteiger partial charge in [-0.25, -0.2) is 9.97 Å². The molecule has 0 fully saturated rings. The van der Waals surface area contributed by atoms with Gasteiger partial charge in [0, 0.05) is 30.0 Å². The van der Waals surface area contributed by atoms with Crippen LogP contribution in [0.25, 0.3) is 11.5 Å². The third-order valence-corrected chi connectivity index (χ3v) is 6.12. The number of rotatable bonds is 8. The summed E-state index contributed by atoms with van der Waals surface area (Å²) in [5, 5.41) is 15.0. The molecule has 0 aliphatic heterocycles. The zero-order valence-electron chi connectivity index (χ0n) is 18.0. The maximum absolute atomic E-state index is 12.9. The van der Waals surface area contributed by atoms with Gasteiger partial charge in [0.25, 0.3) is 5.91 Å². The second-order valence-corrected chi connectivity index (χ2v) is 8.32. The van der Waals surface area contributed by atoms with Crippen LogP contribution in [0, 0.1) is 0 Å². The van der Waals surface area contributed by atoms with E-state index in [9.17, 15) is 4.79 Å². The Hall–Kier alpha value is -4.31. The lowest BCUT2D eigenvalue weighted by Gasteiger charge is -2.10. The van der Waals surface area contributed by atoms with Crippen LogP contribution in [0.4, 0.5) is 0 Å². The SMILES string of the molecule is O=C(NCc1ccc(-n2ccnc2)nc1)c1ccccc1SCc1nnnn1-c1ccccc1. The summed E-state index contributed by atoms with van der Waals surface area (Å²) in [5.41, 5.74) is 2.40. The van der Waals surface area contributed by atoms with Gasteiger partial charge in [-0.1, -0.05) is 36.4 Å². The first kappa shape index (κ1) is 21.5. The van der Waals surface area contributed by atoms with E-state index >= 15 is 0 Å². The van der Waals surface area contributed by atoms with Crippen molar-refractivity contribution in [3.63, 3.8) is 0 Å². The lowest BCUT2D eigenvalue weighted by atomic mass is 10.2. The van der Waals surface area contributed by atoms with Crippen molar-refractivity contribution in [1.29, 1.82) is 0 Å². The van der Waals surface area contributed by atoms with Crippen LogP contribution in [0.3, 0.4) is 0 Å². The molecule has 3 heterocycles. The van der Waals surface area contributed by atoms with Crippen LogP contribution >= 0.6 is 11.8 Å². The van der Waals surface area contributed by atoms with E-state index in [1.165, 1.54) is 11.8 Å². The van der Waals surface area contributed by atoms with Crippen molar-refractivity contribution in [2.45, 2.75) is 17.2 Å². The summed E-state index contributed by atoms with van der Waals surface area (Å²) >= 11 is 1.52. The molecule has 3 aromatic heterocycles. The normalized spacial score (nSPS) is 10.8. The average Bonchev–Trinajstić information content (AvgIpc) is 3.60. The van der Waals surface area contributed by atoms with Crippen molar-refractivity contribution in [1.82, 2.24) is 40.1 Å². The van der Waals surface area contributed by atoms with Crippen molar-refractivity contribution in [3.8, 4) is 11.5 Å². The zero-order chi connectivity index (χ0) is 23.2. The number of para-hydroxylation sites is 1. The Balaban J connectivity index is 1.24. The second kappa shape index (κ2) is 10.1. The molecule has 34 heavy (non-hydrogen) atoms. The van der Waals surface area contributed by atoms with E-state index in [1.54, 1.807) is 23.4 Å². The molecule has 0 radical (unpaired) electrons. The summed E-state index contributed by atoms with van der Waals surface area (Å²) in [5.74, 6) is 1.85. The largest absolute Gasteiger partial charge is 0.348 e. The van der Waals surface area contributed by atoms with Gasteiger partial charge in [0.05, 0.1) is 17.0 Å². The van der Waals surface area contributed by atoms with E-state index < -0.39 is 0 Å². The molecule has 1 amide bonds. The highest BCUT2D eigenvalue weighted by Gasteiger charge is 2.14.